The number of carbonyl (C=O) groups excluding carboxylic acids is 1. The third-order valence-electron chi connectivity index (χ3n) is 2.83. The maximum Gasteiger partial charge on any atom is 0.257 e. The number of carbonyl (C=O) groups is 1. The molecule has 2 aliphatic heterocycles. The van der Waals surface area contributed by atoms with Crippen LogP contribution in [0.3, 0.4) is 0 Å². The summed E-state index contributed by atoms with van der Waals surface area (Å²) in [5.41, 5.74) is 5.38. The van der Waals surface area contributed by atoms with Crippen LogP contribution in [0.1, 0.15) is 6.42 Å². The summed E-state index contributed by atoms with van der Waals surface area (Å²) in [5.74, 6) is -0.701. The highest BCUT2D eigenvalue weighted by Crippen LogP contribution is 2.28. The van der Waals surface area contributed by atoms with Gasteiger partial charge in [-0.2, -0.15) is 4.99 Å². The summed E-state index contributed by atoms with van der Waals surface area (Å²) in [6.45, 7) is -0.256. The minimum absolute atomic E-state index is 0.179. The summed E-state index contributed by atoms with van der Waals surface area (Å²) in [7, 11) is 0. The largest absolute Gasteiger partial charge is 0.394 e. The number of aliphatic hydroxyl groups is 2. The second-order valence-corrected chi connectivity index (χ2v) is 3.96. The van der Waals surface area contributed by atoms with Crippen molar-refractivity contribution < 1.29 is 19.7 Å². The molecule has 0 spiro atoms. The van der Waals surface area contributed by atoms with Crippen molar-refractivity contribution in [1.82, 2.24) is 0 Å². The van der Waals surface area contributed by atoms with Gasteiger partial charge in [-0.25, -0.2) is 0 Å². The van der Waals surface area contributed by atoms with Crippen molar-refractivity contribution in [2.45, 2.75) is 24.7 Å². The van der Waals surface area contributed by atoms with E-state index >= 15 is 0 Å². The Kier molecular flexibility index (Phi) is 3.04. The lowest BCUT2D eigenvalue weighted by Gasteiger charge is -2.19. The maximum absolute atomic E-state index is 11.6. The molecule has 4 N–H and O–H groups in total. The van der Waals surface area contributed by atoms with Crippen molar-refractivity contribution in [2.75, 3.05) is 6.61 Å². The van der Waals surface area contributed by atoms with Crippen LogP contribution in [0.5, 0.6) is 0 Å². The molecule has 2 unspecified atom stereocenters. The highest BCUT2D eigenvalue weighted by Gasteiger charge is 2.40. The molecular formula is C10H14N2O4. The molecule has 0 aromatic heterocycles. The minimum Gasteiger partial charge on any atom is -0.394 e. The van der Waals surface area contributed by atoms with Gasteiger partial charge in [0.15, 0.2) is 0 Å². The zero-order valence-electron chi connectivity index (χ0n) is 8.61. The van der Waals surface area contributed by atoms with Crippen LogP contribution < -0.4 is 5.73 Å². The van der Waals surface area contributed by atoms with Crippen LogP contribution in [0.4, 0.5) is 0 Å². The number of hydrogen-bond acceptors (Lipinski definition) is 5. The lowest BCUT2D eigenvalue weighted by molar-refractivity contribution is -0.125. The first-order valence-electron chi connectivity index (χ1n) is 5.12. The Morgan fingerprint density at radius 1 is 1.62 bits per heavy atom. The number of dihydropyridines is 1. The van der Waals surface area contributed by atoms with Crippen molar-refractivity contribution in [2.24, 2.45) is 16.6 Å². The molecule has 2 heterocycles. The van der Waals surface area contributed by atoms with Crippen LogP contribution in [-0.4, -0.2) is 46.9 Å². The number of hydrogen-bond donors (Lipinski definition) is 3. The van der Waals surface area contributed by atoms with E-state index in [2.05, 4.69) is 4.99 Å². The molecule has 1 saturated heterocycles. The van der Waals surface area contributed by atoms with Gasteiger partial charge in [0.1, 0.15) is 11.9 Å². The number of amidine groups is 1. The lowest BCUT2D eigenvalue weighted by atomic mass is 9.96. The Morgan fingerprint density at radius 3 is 2.94 bits per heavy atom. The number of nitrogens with zero attached hydrogens (tertiary/aromatic N) is 1. The van der Waals surface area contributed by atoms with Crippen molar-refractivity contribution in [3.05, 3.63) is 12.2 Å². The molecule has 4 atom stereocenters. The Balaban J connectivity index is 2.06. The van der Waals surface area contributed by atoms with Crippen molar-refractivity contribution in [3.63, 3.8) is 0 Å². The van der Waals surface area contributed by atoms with Gasteiger partial charge in [-0.3, -0.25) is 4.79 Å². The summed E-state index contributed by atoms with van der Waals surface area (Å²) in [5, 5.41) is 18.5. The SMILES string of the molecule is NC1=NC(=O)C([C@@H]2CC(O)[C@@H](CO)O2)C=C1. The van der Waals surface area contributed by atoms with Crippen LogP contribution in [0.15, 0.2) is 17.1 Å². The van der Waals surface area contributed by atoms with Gasteiger partial charge < -0.3 is 20.7 Å². The highest BCUT2D eigenvalue weighted by molar-refractivity contribution is 6.04. The van der Waals surface area contributed by atoms with Crippen molar-refractivity contribution in [3.8, 4) is 0 Å². The number of aliphatic hydroxyl groups excluding tert-OH is 2. The summed E-state index contributed by atoms with van der Waals surface area (Å²) >= 11 is 0. The van der Waals surface area contributed by atoms with E-state index in [9.17, 15) is 9.90 Å². The van der Waals surface area contributed by atoms with Crippen LogP contribution >= 0.6 is 0 Å². The Morgan fingerprint density at radius 2 is 2.38 bits per heavy atom. The highest BCUT2D eigenvalue weighted by atomic mass is 16.5. The Labute approximate surface area is 92.4 Å². The first-order chi connectivity index (χ1) is 7.61. The van der Waals surface area contributed by atoms with Gasteiger partial charge in [0.25, 0.3) is 5.91 Å². The van der Waals surface area contributed by atoms with E-state index in [1.54, 1.807) is 12.2 Å². The number of rotatable bonds is 2. The van der Waals surface area contributed by atoms with Crippen LogP contribution in [0.25, 0.3) is 0 Å². The van der Waals surface area contributed by atoms with Crippen LogP contribution in [-0.2, 0) is 9.53 Å². The van der Waals surface area contributed by atoms with E-state index in [0.717, 1.165) is 0 Å². The average Bonchev–Trinajstić information content (AvgIpc) is 2.59. The summed E-state index contributed by atoms with van der Waals surface area (Å²) < 4.78 is 5.39. The summed E-state index contributed by atoms with van der Waals surface area (Å²) in [4.78, 5) is 15.2. The maximum atomic E-state index is 11.6. The minimum atomic E-state index is -0.737. The smallest absolute Gasteiger partial charge is 0.257 e. The molecule has 0 saturated carbocycles. The first kappa shape index (κ1) is 11.3. The van der Waals surface area contributed by atoms with E-state index in [-0.39, 0.29) is 18.3 Å². The van der Waals surface area contributed by atoms with Gasteiger partial charge >= 0.3 is 0 Å². The fourth-order valence-corrected chi connectivity index (χ4v) is 1.96. The van der Waals surface area contributed by atoms with Gasteiger partial charge in [0.05, 0.1) is 24.7 Å². The average molecular weight is 226 g/mol. The molecule has 6 nitrogen and oxygen atoms in total. The molecule has 6 heteroatoms. The Hall–Kier alpha value is -1.24. The van der Waals surface area contributed by atoms with Gasteiger partial charge in [0.2, 0.25) is 0 Å². The second kappa shape index (κ2) is 4.32. The number of ether oxygens (including phenoxy) is 1. The zero-order valence-corrected chi connectivity index (χ0v) is 8.61. The molecule has 0 aromatic rings. The van der Waals surface area contributed by atoms with E-state index in [0.29, 0.717) is 6.42 Å². The van der Waals surface area contributed by atoms with Gasteiger partial charge in [-0.15, -0.1) is 0 Å². The van der Waals surface area contributed by atoms with E-state index < -0.39 is 24.2 Å². The van der Waals surface area contributed by atoms with E-state index in [1.165, 1.54) is 0 Å². The lowest BCUT2D eigenvalue weighted by Crippen LogP contribution is -2.31. The fraction of sp³-hybridized carbons (Fsp3) is 0.600. The molecule has 2 aliphatic rings. The third kappa shape index (κ3) is 1.99. The monoisotopic (exact) mass is 226 g/mol. The molecule has 1 fully saturated rings. The molecule has 0 bridgehead atoms. The predicted octanol–water partition coefficient (Wildman–Crippen LogP) is -1.43. The number of aliphatic imine (C=N–C) groups is 1. The van der Waals surface area contributed by atoms with Gasteiger partial charge in [0, 0.05) is 6.42 Å². The molecule has 0 radical (unpaired) electrons. The van der Waals surface area contributed by atoms with Crippen molar-refractivity contribution >= 4 is 11.7 Å². The molecule has 2 rings (SSSR count). The predicted molar refractivity (Wildman–Crippen MR) is 55.6 cm³/mol. The number of amides is 1. The van der Waals surface area contributed by atoms with Crippen LogP contribution in [0.2, 0.25) is 0 Å². The van der Waals surface area contributed by atoms with Gasteiger partial charge in [-0.05, 0) is 6.08 Å². The first-order valence-corrected chi connectivity index (χ1v) is 5.12. The summed E-state index contributed by atoms with van der Waals surface area (Å²) in [6.07, 6.45) is 1.71. The molecule has 0 aromatic carbocycles. The zero-order chi connectivity index (χ0) is 11.7. The second-order valence-electron chi connectivity index (χ2n) is 3.96. The molecule has 16 heavy (non-hydrogen) atoms. The molecular weight excluding hydrogens is 212 g/mol. The fourth-order valence-electron chi connectivity index (χ4n) is 1.96. The molecule has 1 amide bonds. The van der Waals surface area contributed by atoms with Crippen LogP contribution in [0, 0.1) is 5.92 Å². The van der Waals surface area contributed by atoms with E-state index in [4.69, 9.17) is 15.6 Å². The van der Waals surface area contributed by atoms with Crippen molar-refractivity contribution in [1.29, 1.82) is 0 Å². The standard InChI is InChI=1S/C10H14N2O4/c11-9-2-1-5(10(15)12-9)7-3-6(14)8(4-13)16-7/h1-2,5-8,13-14H,3-4H2,(H2,11,12,15)/t5?,6?,7-,8+/m0/s1. The topological polar surface area (TPSA) is 105 Å². The Bertz CT molecular complexity index is 353. The molecule has 88 valence electrons. The van der Waals surface area contributed by atoms with E-state index in [1.807, 2.05) is 0 Å². The molecule has 0 aliphatic carbocycles. The normalized spacial score (nSPS) is 38.9. The quantitative estimate of drug-likeness (QED) is 0.535. The third-order valence-corrected chi connectivity index (χ3v) is 2.83. The summed E-state index contributed by atoms with van der Waals surface area (Å²) in [6, 6.07) is 0. The number of nitrogens with two attached hydrogens (primary N) is 1. The van der Waals surface area contributed by atoms with Gasteiger partial charge in [-0.1, -0.05) is 6.08 Å².